The summed E-state index contributed by atoms with van der Waals surface area (Å²) < 4.78 is 41.5. The van der Waals surface area contributed by atoms with E-state index in [0.717, 1.165) is 139 Å². The summed E-state index contributed by atoms with van der Waals surface area (Å²) in [5.74, 6) is 4.17. The zero-order chi connectivity index (χ0) is 98.7. The van der Waals surface area contributed by atoms with E-state index in [9.17, 15) is 67.6 Å². The number of anilines is 1. The van der Waals surface area contributed by atoms with E-state index in [1.165, 1.54) is 31.4 Å². The van der Waals surface area contributed by atoms with Crippen LogP contribution in [0.1, 0.15) is 120 Å². The molecule has 0 aliphatic carbocycles. The predicted octanol–water partition coefficient (Wildman–Crippen LogP) is 21.5. The molecule has 1 aliphatic heterocycles. The van der Waals surface area contributed by atoms with E-state index in [2.05, 4.69) is 21.9 Å². The number of para-hydroxylation sites is 2. The molecule has 0 radical (unpaired) electrons. The maximum absolute atomic E-state index is 12.9. The Bertz CT molecular complexity index is 5350. The number of rotatable bonds is 43. The fraction of sp³-hybridized carbons (Fsp3) is 0.346. The molecule has 1 fully saturated rings. The first-order valence-corrected chi connectivity index (χ1v) is 50.3. The molecular weight excluding hydrogens is 1870 g/mol. The lowest BCUT2D eigenvalue weighted by Crippen LogP contribution is -2.49. The number of aromatic hydroxyl groups is 3. The Hall–Kier alpha value is -11.1. The van der Waals surface area contributed by atoms with Crippen LogP contribution in [0.4, 0.5) is 19.3 Å². The highest BCUT2D eigenvalue weighted by Gasteiger charge is 2.26. The molecule has 23 nitrogen and oxygen atoms in total. The minimum absolute atomic E-state index is 0.00787. The Kier molecular flexibility index (Phi) is 50.9. The van der Waals surface area contributed by atoms with Gasteiger partial charge in [-0.1, -0.05) is 108 Å². The minimum Gasteiger partial charge on any atom is -0.508 e. The second-order valence-electron chi connectivity index (χ2n) is 31.8. The Morgan fingerprint density at radius 3 is 1.10 bits per heavy atom. The lowest BCUT2D eigenvalue weighted by molar-refractivity contribution is -0.131. The zero-order valence-corrected chi connectivity index (χ0v) is 84.1. The monoisotopic (exact) mass is 1990 g/mol. The van der Waals surface area contributed by atoms with Gasteiger partial charge in [0.25, 0.3) is 0 Å². The van der Waals surface area contributed by atoms with E-state index in [4.69, 9.17) is 37.4 Å². The number of carboxylic acids is 1. The number of hydrogen-bond acceptors (Lipinski definition) is 21. The number of ether oxygens (including phenoxy) is 3. The molecule has 10 aromatic carbocycles. The van der Waals surface area contributed by atoms with Gasteiger partial charge in [-0.05, 0) is 256 Å². The van der Waals surface area contributed by atoms with E-state index >= 15 is 0 Å². The van der Waals surface area contributed by atoms with Gasteiger partial charge in [0.1, 0.15) is 41.2 Å². The molecule has 1 heterocycles. The highest BCUT2D eigenvalue weighted by Crippen LogP contribution is 2.32. The van der Waals surface area contributed by atoms with Crippen molar-refractivity contribution in [1.82, 2.24) is 34.3 Å². The summed E-state index contributed by atoms with van der Waals surface area (Å²) in [6.45, 7) is 8.56. The van der Waals surface area contributed by atoms with E-state index in [1.807, 2.05) is 132 Å². The second kappa shape index (κ2) is 61.9. The fourth-order valence-corrected chi connectivity index (χ4v) is 18.0. The summed E-state index contributed by atoms with van der Waals surface area (Å²) in [6.07, 6.45) is 5.90. The summed E-state index contributed by atoms with van der Waals surface area (Å²) in [4.78, 5) is 117. The molecule has 10 aromatic rings. The number of carboxylic acid groups (broad SMARTS) is 1. The van der Waals surface area contributed by atoms with Crippen LogP contribution in [-0.4, -0.2) is 233 Å². The Labute approximate surface area is 829 Å². The summed E-state index contributed by atoms with van der Waals surface area (Å²) >= 11 is 20.4. The van der Waals surface area contributed by atoms with Crippen molar-refractivity contribution < 1.29 is 81.8 Å². The van der Waals surface area contributed by atoms with Crippen LogP contribution in [0, 0.1) is 11.6 Å². The van der Waals surface area contributed by atoms with Gasteiger partial charge in [0.2, 0.25) is 29.5 Å². The third-order valence-corrected chi connectivity index (χ3v) is 27.3. The molecule has 728 valence electrons. The Morgan fingerprint density at radius 1 is 0.390 bits per heavy atom. The van der Waals surface area contributed by atoms with Gasteiger partial charge in [0.15, 0.2) is 0 Å². The van der Waals surface area contributed by atoms with Gasteiger partial charge in [0.05, 0.1) is 34.9 Å². The standard InChI is InChI=1S/C25H33N3O4S.C22H29FN2O2S.C20H23NO4S.C19H21NO4S.C18H18Cl2FNOS/c1-3-32-25(31)28-16-14-27(15-17-28)23-8-5-4-7-20(23)19-26(2)24(30)9-6-18-33-22-12-10-21(29)11-13-22;1-24(2)14-15-27-21-8-5-4-7-18(21)17-25(3)22(26)9-6-16-28-20-12-10-19(23)11-13-20;1-21(14-15-6-3-4-7-18(15)20(24)25-2)19(23)8-5-13-26-17-11-9-16(22)10-12-17;1-20(13-14-5-2-3-6-17(14)19(23)24)18(22)7-4-12-25-16-10-8-15(21)9-11-16;1-22(12-13-4-2-5-16(19)18(13)20)17(23)6-3-11-24-15-9-7-14(21)8-10-15/h4-5,7-8,10-13,29H,3,6,9,14-19H2,1-2H3;4-5,7-8,10-13H,6,9,14-17H2,1-3H3;3-4,6-7,9-12,22H,5,8,13-14H2,1-2H3;2-3,5-6,8-11,21H,4,7,12-13H2,1H3,(H,23,24);2,4-5,7-10H,3,6,11-12H2,1H3. The van der Waals surface area contributed by atoms with Gasteiger partial charge in [-0.2, -0.15) is 0 Å². The number of nitrogens with zero attached hydrogens (tertiary/aromatic N) is 8. The number of phenols is 3. The van der Waals surface area contributed by atoms with Crippen LogP contribution >= 0.6 is 82.0 Å². The summed E-state index contributed by atoms with van der Waals surface area (Å²) in [7, 11) is 14.2. The molecular formula is C104H124Cl2F2N8O15S5. The number of benzene rings is 10. The first kappa shape index (κ1) is 112. The molecule has 1 aliphatic rings. The van der Waals surface area contributed by atoms with Crippen molar-refractivity contribution >= 4 is 135 Å². The normalized spacial score (nSPS) is 11.3. The lowest BCUT2D eigenvalue weighted by atomic mass is 10.1. The average Bonchev–Trinajstić information content (AvgIpc) is 0.865. The topological polar surface area (TPSA) is 271 Å². The molecule has 32 heteroatoms. The maximum atomic E-state index is 12.9. The number of carbonyl (C=O) groups excluding carboxylic acids is 7. The molecule has 0 atom stereocenters. The minimum atomic E-state index is -0.984. The summed E-state index contributed by atoms with van der Waals surface area (Å²) in [5, 5.41) is 38.0. The lowest BCUT2D eigenvalue weighted by Gasteiger charge is -2.36. The summed E-state index contributed by atoms with van der Waals surface area (Å²) in [5.41, 5.74) is 6.18. The van der Waals surface area contributed by atoms with Crippen molar-refractivity contribution in [2.24, 2.45) is 0 Å². The third kappa shape index (κ3) is 41.9. The van der Waals surface area contributed by atoms with Crippen molar-refractivity contribution in [2.45, 2.75) is 128 Å². The first-order valence-electron chi connectivity index (χ1n) is 44.6. The van der Waals surface area contributed by atoms with E-state index in [0.29, 0.717) is 106 Å². The van der Waals surface area contributed by atoms with Gasteiger partial charge >= 0.3 is 18.0 Å². The Balaban J connectivity index is 0.000000233. The first-order chi connectivity index (χ1) is 65.4. The summed E-state index contributed by atoms with van der Waals surface area (Å²) in [6, 6.07) is 69.2. The van der Waals surface area contributed by atoms with Crippen LogP contribution in [-0.2, 0) is 66.2 Å². The smallest absolute Gasteiger partial charge is 0.409 e. The van der Waals surface area contributed by atoms with Crippen LogP contribution in [0.5, 0.6) is 23.0 Å². The van der Waals surface area contributed by atoms with E-state index < -0.39 is 11.9 Å². The molecule has 4 N–H and O–H groups in total. The van der Waals surface area contributed by atoms with Gasteiger partial charge in [-0.25, -0.2) is 23.2 Å². The molecule has 11 rings (SSSR count). The van der Waals surface area contributed by atoms with E-state index in [-0.39, 0.29) is 76.6 Å². The van der Waals surface area contributed by atoms with Crippen molar-refractivity contribution in [3.05, 3.63) is 297 Å². The maximum Gasteiger partial charge on any atom is 0.409 e. The molecule has 6 amide bonds. The number of amides is 6. The number of piperazine rings is 1. The van der Waals surface area contributed by atoms with Gasteiger partial charge < -0.3 is 73.8 Å². The van der Waals surface area contributed by atoms with Crippen LogP contribution in [0.2, 0.25) is 10.0 Å². The highest BCUT2D eigenvalue weighted by atomic mass is 35.5. The van der Waals surface area contributed by atoms with Crippen molar-refractivity contribution in [1.29, 1.82) is 0 Å². The Morgan fingerprint density at radius 2 is 0.713 bits per heavy atom. The molecule has 0 bridgehead atoms. The highest BCUT2D eigenvalue weighted by molar-refractivity contribution is 8.00. The number of likely N-dealkylation sites (N-methyl/N-ethyl adjacent to an activating group) is 1. The number of halogens is 4. The second-order valence-corrected chi connectivity index (χ2v) is 38.4. The molecule has 1 saturated heterocycles. The van der Waals surface area contributed by atoms with E-state index in [1.54, 1.807) is 212 Å². The number of aromatic carboxylic acids is 1. The fourth-order valence-electron chi connectivity index (χ4n) is 13.3. The number of esters is 1. The molecule has 0 saturated carbocycles. The number of hydrogen-bond donors (Lipinski definition) is 4. The predicted molar refractivity (Wildman–Crippen MR) is 545 cm³/mol. The van der Waals surface area contributed by atoms with Crippen molar-refractivity contribution in [3.8, 4) is 23.0 Å². The molecule has 0 unspecified atom stereocenters. The zero-order valence-electron chi connectivity index (χ0n) is 78.5. The van der Waals surface area contributed by atoms with Crippen LogP contribution in [0.3, 0.4) is 0 Å². The van der Waals surface area contributed by atoms with Gasteiger partial charge in [-0.3, -0.25) is 24.0 Å². The molecule has 0 spiro atoms. The van der Waals surface area contributed by atoms with Gasteiger partial charge in [-0.15, -0.1) is 58.8 Å². The molecule has 0 aromatic heterocycles. The van der Waals surface area contributed by atoms with Crippen LogP contribution < -0.4 is 9.64 Å². The number of phenolic OH excluding ortho intramolecular Hbond substituents is 3. The van der Waals surface area contributed by atoms with Crippen molar-refractivity contribution in [3.63, 3.8) is 0 Å². The number of thioether (sulfide) groups is 5. The number of carbonyl (C=O) groups is 8. The largest absolute Gasteiger partial charge is 0.508 e. The SMILES string of the molecule is CCOC(=O)N1CCN(c2ccccc2CN(C)C(=O)CCCSc2ccc(O)cc2)CC1.CN(C)CCOc1ccccc1CN(C)C(=O)CCCSc1ccc(F)cc1.CN(Cc1cccc(Cl)c1Cl)C(=O)CCCSc1ccc(F)cc1.CN(Cc1ccccc1C(=O)O)C(=O)CCCSc1ccc(O)cc1.COC(=O)c1ccccc1CN(C)C(=O)CCCSc1ccc(O)cc1. The average molecular weight is 2000 g/mol. The van der Waals surface area contributed by atoms with Gasteiger partial charge in [0, 0.05) is 169 Å². The number of methoxy groups -OCH3 is 1. The third-order valence-electron chi connectivity index (χ3n) is 20.9. The quantitative estimate of drug-likeness (QED) is 0.0157. The van der Waals surface area contributed by atoms with Crippen LogP contribution in [0.15, 0.2) is 261 Å². The van der Waals surface area contributed by atoms with Crippen molar-refractivity contribution in [2.75, 3.05) is 136 Å². The molecule has 136 heavy (non-hydrogen) atoms. The van der Waals surface area contributed by atoms with Crippen LogP contribution in [0.25, 0.3) is 0 Å².